The van der Waals surface area contributed by atoms with Gasteiger partial charge in [-0.25, -0.2) is 0 Å². The van der Waals surface area contributed by atoms with Crippen LogP contribution in [0.3, 0.4) is 0 Å². The molecule has 0 amide bonds. The summed E-state index contributed by atoms with van der Waals surface area (Å²) in [6, 6.07) is 7.36. The molecule has 3 nitrogen and oxygen atoms in total. The van der Waals surface area contributed by atoms with E-state index in [0.29, 0.717) is 18.4 Å². The van der Waals surface area contributed by atoms with Gasteiger partial charge >= 0.3 is 5.97 Å². The van der Waals surface area contributed by atoms with Crippen LogP contribution in [0.4, 0.5) is 0 Å². The fraction of sp³-hybridized carbons (Fsp3) is 0.286. The van der Waals surface area contributed by atoms with E-state index < -0.39 is 11.4 Å². The summed E-state index contributed by atoms with van der Waals surface area (Å²) in [6.07, 6.45) is 2.53. The molecule has 0 heterocycles. The Morgan fingerprint density at radius 1 is 1.47 bits per heavy atom. The minimum absolute atomic E-state index is 0.207. The molecule has 1 unspecified atom stereocenters. The molecule has 1 atom stereocenters. The molecule has 88 valence electrons. The molecular weight excluding hydrogens is 216 g/mol. The first-order chi connectivity index (χ1) is 8.15. The number of fused-ring (bicyclic) bond motifs is 1. The van der Waals surface area contributed by atoms with Crippen LogP contribution in [0.2, 0.25) is 0 Å². The van der Waals surface area contributed by atoms with Crippen molar-refractivity contribution in [3.63, 3.8) is 0 Å². The largest absolute Gasteiger partial charge is 0.468 e. The van der Waals surface area contributed by atoms with Gasteiger partial charge in [0.15, 0.2) is 5.78 Å². The molecule has 0 spiro atoms. The van der Waals surface area contributed by atoms with Crippen molar-refractivity contribution in [1.29, 1.82) is 0 Å². The monoisotopic (exact) mass is 230 g/mol. The van der Waals surface area contributed by atoms with E-state index in [-0.39, 0.29) is 5.78 Å². The van der Waals surface area contributed by atoms with Crippen molar-refractivity contribution in [2.75, 3.05) is 7.11 Å². The van der Waals surface area contributed by atoms with Crippen LogP contribution < -0.4 is 0 Å². The number of rotatable bonds is 2. The zero-order chi connectivity index (χ0) is 12.5. The molecule has 3 heteroatoms. The maximum Gasteiger partial charge on any atom is 0.323 e. The quantitative estimate of drug-likeness (QED) is 0.444. The van der Waals surface area contributed by atoms with Crippen molar-refractivity contribution in [3.8, 4) is 0 Å². The van der Waals surface area contributed by atoms with E-state index in [1.807, 2.05) is 12.1 Å². The first-order valence-corrected chi connectivity index (χ1v) is 5.50. The second kappa shape index (κ2) is 4.17. The molecular formula is C14H14O3. The van der Waals surface area contributed by atoms with Gasteiger partial charge in [-0.05, 0) is 18.4 Å². The molecule has 1 aromatic rings. The number of methoxy groups -OCH3 is 1. The number of esters is 1. The Balaban J connectivity index is 2.52. The molecule has 0 radical (unpaired) electrons. The van der Waals surface area contributed by atoms with Gasteiger partial charge in [0.25, 0.3) is 0 Å². The average molecular weight is 230 g/mol. The molecule has 0 aromatic heterocycles. The number of hydrogen-bond donors (Lipinski definition) is 0. The second-order valence-electron chi connectivity index (χ2n) is 4.15. The van der Waals surface area contributed by atoms with Crippen LogP contribution >= 0.6 is 0 Å². The maximum atomic E-state index is 12.4. The second-order valence-corrected chi connectivity index (χ2v) is 4.15. The van der Waals surface area contributed by atoms with Crippen LogP contribution in [-0.2, 0) is 16.0 Å². The number of benzene rings is 1. The topological polar surface area (TPSA) is 43.4 Å². The van der Waals surface area contributed by atoms with Gasteiger partial charge in [0.05, 0.1) is 7.11 Å². The minimum Gasteiger partial charge on any atom is -0.468 e. The zero-order valence-electron chi connectivity index (χ0n) is 9.73. The predicted octanol–water partition coefficient (Wildman–Crippen LogP) is 2.16. The van der Waals surface area contributed by atoms with Crippen LogP contribution in [0, 0.1) is 5.41 Å². The summed E-state index contributed by atoms with van der Waals surface area (Å²) >= 11 is 0. The minimum atomic E-state index is -1.21. The molecule has 0 saturated heterocycles. The molecule has 0 aliphatic heterocycles. The predicted molar refractivity (Wildman–Crippen MR) is 63.7 cm³/mol. The number of hydrogen-bond acceptors (Lipinski definition) is 3. The van der Waals surface area contributed by atoms with Crippen molar-refractivity contribution in [1.82, 2.24) is 0 Å². The Morgan fingerprint density at radius 3 is 2.82 bits per heavy atom. The highest BCUT2D eigenvalue weighted by Gasteiger charge is 2.47. The lowest BCUT2D eigenvalue weighted by molar-refractivity contribution is -0.147. The SMILES string of the molecule is C=CC1(C(=O)OC)CCc2ccccc2C1=O. The summed E-state index contributed by atoms with van der Waals surface area (Å²) < 4.78 is 4.74. The summed E-state index contributed by atoms with van der Waals surface area (Å²) in [7, 11) is 1.29. The number of ketones is 1. The summed E-state index contributed by atoms with van der Waals surface area (Å²) in [4.78, 5) is 24.2. The van der Waals surface area contributed by atoms with Crippen LogP contribution in [0.25, 0.3) is 0 Å². The number of aryl methyl sites for hydroxylation is 1. The van der Waals surface area contributed by atoms with Crippen LogP contribution in [0.5, 0.6) is 0 Å². The van der Waals surface area contributed by atoms with Gasteiger partial charge < -0.3 is 4.74 Å². The lowest BCUT2D eigenvalue weighted by Gasteiger charge is -2.31. The first kappa shape index (κ1) is 11.6. The molecule has 1 aromatic carbocycles. The number of carbonyl (C=O) groups is 2. The Hall–Kier alpha value is -1.90. The van der Waals surface area contributed by atoms with Gasteiger partial charge in [-0.2, -0.15) is 0 Å². The Morgan fingerprint density at radius 2 is 2.18 bits per heavy atom. The Bertz CT molecular complexity index is 490. The van der Waals surface area contributed by atoms with Gasteiger partial charge in [0, 0.05) is 5.56 Å². The van der Waals surface area contributed by atoms with E-state index in [1.54, 1.807) is 12.1 Å². The van der Waals surface area contributed by atoms with E-state index in [4.69, 9.17) is 4.74 Å². The smallest absolute Gasteiger partial charge is 0.323 e. The lowest BCUT2D eigenvalue weighted by Crippen LogP contribution is -2.42. The normalized spacial score (nSPS) is 22.8. The van der Waals surface area contributed by atoms with Crippen LogP contribution in [0.15, 0.2) is 36.9 Å². The summed E-state index contributed by atoms with van der Waals surface area (Å²) in [5, 5.41) is 0. The molecule has 2 rings (SSSR count). The molecule has 0 N–H and O–H groups in total. The van der Waals surface area contributed by atoms with Gasteiger partial charge in [0.1, 0.15) is 5.41 Å². The van der Waals surface area contributed by atoms with Crippen molar-refractivity contribution >= 4 is 11.8 Å². The number of ether oxygens (including phenoxy) is 1. The Kier molecular flexibility index (Phi) is 2.84. The fourth-order valence-corrected chi connectivity index (χ4v) is 2.30. The van der Waals surface area contributed by atoms with Gasteiger partial charge in [-0.15, -0.1) is 6.58 Å². The van der Waals surface area contributed by atoms with Gasteiger partial charge in [-0.1, -0.05) is 30.3 Å². The third-order valence-corrected chi connectivity index (χ3v) is 3.35. The maximum absolute atomic E-state index is 12.4. The van der Waals surface area contributed by atoms with Crippen LogP contribution in [-0.4, -0.2) is 18.9 Å². The average Bonchev–Trinajstić information content (AvgIpc) is 2.39. The Labute approximate surface area is 100 Å². The standard InChI is InChI=1S/C14H14O3/c1-3-14(13(16)17-2)9-8-10-6-4-5-7-11(10)12(14)15/h3-7H,1,8-9H2,2H3. The third kappa shape index (κ3) is 1.58. The van der Waals surface area contributed by atoms with E-state index in [1.165, 1.54) is 13.2 Å². The lowest BCUT2D eigenvalue weighted by atomic mass is 9.70. The highest BCUT2D eigenvalue weighted by atomic mass is 16.5. The van der Waals surface area contributed by atoms with Crippen LogP contribution in [0.1, 0.15) is 22.3 Å². The molecule has 17 heavy (non-hydrogen) atoms. The van der Waals surface area contributed by atoms with E-state index in [0.717, 1.165) is 5.56 Å². The number of Topliss-reactive ketones (excluding diaryl/α,β-unsaturated/α-hetero) is 1. The molecule has 0 bridgehead atoms. The highest BCUT2D eigenvalue weighted by Crippen LogP contribution is 2.37. The van der Waals surface area contributed by atoms with Crippen molar-refractivity contribution in [3.05, 3.63) is 48.0 Å². The summed E-state index contributed by atoms with van der Waals surface area (Å²) in [5.74, 6) is -0.729. The molecule has 1 aliphatic rings. The number of carbonyl (C=O) groups excluding carboxylic acids is 2. The fourth-order valence-electron chi connectivity index (χ4n) is 2.30. The van der Waals surface area contributed by atoms with Crippen molar-refractivity contribution in [2.45, 2.75) is 12.8 Å². The molecule has 0 saturated carbocycles. The van der Waals surface area contributed by atoms with E-state index in [2.05, 4.69) is 6.58 Å². The van der Waals surface area contributed by atoms with Gasteiger partial charge in [-0.3, -0.25) is 9.59 Å². The zero-order valence-corrected chi connectivity index (χ0v) is 9.73. The van der Waals surface area contributed by atoms with Crippen molar-refractivity contribution in [2.24, 2.45) is 5.41 Å². The van der Waals surface area contributed by atoms with Crippen molar-refractivity contribution < 1.29 is 14.3 Å². The third-order valence-electron chi connectivity index (χ3n) is 3.35. The van der Waals surface area contributed by atoms with Gasteiger partial charge in [0.2, 0.25) is 0 Å². The van der Waals surface area contributed by atoms with E-state index >= 15 is 0 Å². The highest BCUT2D eigenvalue weighted by molar-refractivity contribution is 6.15. The molecule has 1 aliphatic carbocycles. The molecule has 0 fully saturated rings. The van der Waals surface area contributed by atoms with E-state index in [9.17, 15) is 9.59 Å². The summed E-state index contributed by atoms with van der Waals surface area (Å²) in [6.45, 7) is 3.63. The first-order valence-electron chi connectivity index (χ1n) is 5.50. The summed E-state index contributed by atoms with van der Waals surface area (Å²) in [5.41, 5.74) is 0.381.